The van der Waals surface area contributed by atoms with Crippen LogP contribution in [0, 0.1) is 23.7 Å². The summed E-state index contributed by atoms with van der Waals surface area (Å²) in [5, 5.41) is 9.23. The van der Waals surface area contributed by atoms with Crippen LogP contribution in [0.25, 0.3) is 0 Å². The summed E-state index contributed by atoms with van der Waals surface area (Å²) in [6.45, 7) is 7.26. The minimum Gasteiger partial charge on any atom is -0.396 e. The van der Waals surface area contributed by atoms with Gasteiger partial charge in [-0.2, -0.15) is 0 Å². The van der Waals surface area contributed by atoms with Crippen LogP contribution in [0.4, 0.5) is 0 Å². The maximum atomic E-state index is 9.23. The number of aliphatic hydroxyl groups excluding tert-OH is 1. The largest absolute Gasteiger partial charge is 0.396 e. The second kappa shape index (κ2) is 4.27. The van der Waals surface area contributed by atoms with Gasteiger partial charge in [0, 0.05) is 6.61 Å². The van der Waals surface area contributed by atoms with E-state index in [2.05, 4.69) is 20.8 Å². The maximum Gasteiger partial charge on any atom is 0.0462 e. The highest BCUT2D eigenvalue weighted by molar-refractivity contribution is 4.79. The first kappa shape index (κ1) is 10.0. The zero-order chi connectivity index (χ0) is 9.14. The zero-order valence-corrected chi connectivity index (χ0v) is 8.59. The van der Waals surface area contributed by atoms with Crippen molar-refractivity contribution in [3.8, 4) is 0 Å². The van der Waals surface area contributed by atoms with E-state index in [0.29, 0.717) is 12.5 Å². The molecule has 0 aromatic rings. The van der Waals surface area contributed by atoms with E-state index in [1.54, 1.807) is 0 Å². The molecule has 1 aliphatic rings. The Morgan fingerprint density at radius 3 is 2.50 bits per heavy atom. The number of aliphatic hydroxyl groups is 1. The van der Waals surface area contributed by atoms with Gasteiger partial charge in [-0.3, -0.25) is 0 Å². The Labute approximate surface area is 76.2 Å². The van der Waals surface area contributed by atoms with Gasteiger partial charge in [0.15, 0.2) is 0 Å². The predicted molar refractivity (Wildman–Crippen MR) is 51.9 cm³/mol. The first-order valence-corrected chi connectivity index (χ1v) is 5.26. The number of rotatable bonds is 2. The molecule has 1 nitrogen and oxygen atoms in total. The van der Waals surface area contributed by atoms with Crippen LogP contribution in [-0.4, -0.2) is 11.7 Å². The van der Waals surface area contributed by atoms with E-state index in [4.69, 9.17) is 0 Å². The summed E-state index contributed by atoms with van der Waals surface area (Å²) >= 11 is 0. The molecule has 1 N–H and O–H groups in total. The Morgan fingerprint density at radius 2 is 2.00 bits per heavy atom. The highest BCUT2D eigenvalue weighted by atomic mass is 16.3. The molecule has 0 saturated heterocycles. The van der Waals surface area contributed by atoms with E-state index in [-0.39, 0.29) is 0 Å². The highest BCUT2D eigenvalue weighted by Crippen LogP contribution is 2.37. The average Bonchev–Trinajstić information content (AvgIpc) is 2.03. The Balaban J connectivity index is 2.50. The molecule has 1 rings (SSSR count). The molecule has 0 amide bonds. The van der Waals surface area contributed by atoms with Crippen molar-refractivity contribution in [3.63, 3.8) is 0 Å². The van der Waals surface area contributed by atoms with Crippen LogP contribution in [0.2, 0.25) is 0 Å². The van der Waals surface area contributed by atoms with Crippen LogP contribution in [-0.2, 0) is 0 Å². The number of hydrogen-bond acceptors (Lipinski definition) is 1. The molecular weight excluding hydrogens is 148 g/mol. The lowest BCUT2D eigenvalue weighted by atomic mass is 9.70. The predicted octanol–water partition coefficient (Wildman–Crippen LogP) is 2.69. The first-order valence-electron chi connectivity index (χ1n) is 5.26. The SMILES string of the molecule is CC(C)[C@H]1CC[C@@H](C)CC1CO. The molecule has 0 heterocycles. The summed E-state index contributed by atoms with van der Waals surface area (Å²) in [4.78, 5) is 0. The second-order valence-corrected chi connectivity index (χ2v) is 4.77. The van der Waals surface area contributed by atoms with E-state index < -0.39 is 0 Å². The van der Waals surface area contributed by atoms with E-state index in [1.807, 2.05) is 0 Å². The third-order valence-corrected chi connectivity index (χ3v) is 3.39. The van der Waals surface area contributed by atoms with Gasteiger partial charge in [-0.1, -0.05) is 27.2 Å². The molecule has 0 radical (unpaired) electrons. The van der Waals surface area contributed by atoms with Crippen LogP contribution in [0.3, 0.4) is 0 Å². The van der Waals surface area contributed by atoms with Crippen molar-refractivity contribution < 1.29 is 5.11 Å². The van der Waals surface area contributed by atoms with E-state index in [0.717, 1.165) is 17.8 Å². The van der Waals surface area contributed by atoms with Crippen molar-refractivity contribution in [2.45, 2.75) is 40.0 Å². The summed E-state index contributed by atoms with van der Waals surface area (Å²) < 4.78 is 0. The third kappa shape index (κ3) is 2.22. The molecule has 0 aliphatic heterocycles. The molecule has 3 atom stereocenters. The van der Waals surface area contributed by atoms with Gasteiger partial charge in [-0.25, -0.2) is 0 Å². The summed E-state index contributed by atoms with van der Waals surface area (Å²) in [5.74, 6) is 2.92. The fourth-order valence-electron chi connectivity index (χ4n) is 2.61. The van der Waals surface area contributed by atoms with Gasteiger partial charge >= 0.3 is 0 Å². The zero-order valence-electron chi connectivity index (χ0n) is 8.59. The Morgan fingerprint density at radius 1 is 1.33 bits per heavy atom. The molecule has 72 valence electrons. The van der Waals surface area contributed by atoms with Crippen LogP contribution >= 0.6 is 0 Å². The van der Waals surface area contributed by atoms with Crippen molar-refractivity contribution in [1.82, 2.24) is 0 Å². The molecule has 1 saturated carbocycles. The second-order valence-electron chi connectivity index (χ2n) is 4.77. The molecular formula is C11H22O. The average molecular weight is 170 g/mol. The standard InChI is InChI=1S/C11H22O/c1-8(2)11-5-4-9(3)6-10(11)7-12/h8-12H,4-7H2,1-3H3/t9-,10?,11-/m1/s1. The minimum absolute atomic E-state index is 0.396. The van der Waals surface area contributed by atoms with Crippen LogP contribution in [0.5, 0.6) is 0 Å². The van der Waals surface area contributed by atoms with Crippen molar-refractivity contribution in [2.75, 3.05) is 6.61 Å². The molecule has 0 bridgehead atoms. The smallest absolute Gasteiger partial charge is 0.0462 e. The Bertz CT molecular complexity index is 131. The molecule has 0 spiro atoms. The van der Waals surface area contributed by atoms with Crippen molar-refractivity contribution in [3.05, 3.63) is 0 Å². The van der Waals surface area contributed by atoms with Crippen LogP contribution < -0.4 is 0 Å². The quantitative estimate of drug-likeness (QED) is 0.675. The van der Waals surface area contributed by atoms with Crippen LogP contribution in [0.1, 0.15) is 40.0 Å². The lowest BCUT2D eigenvalue weighted by Crippen LogP contribution is -2.29. The molecule has 0 aromatic heterocycles. The Hall–Kier alpha value is -0.0400. The highest BCUT2D eigenvalue weighted by Gasteiger charge is 2.29. The molecule has 0 aromatic carbocycles. The fourth-order valence-corrected chi connectivity index (χ4v) is 2.61. The third-order valence-electron chi connectivity index (χ3n) is 3.39. The Kier molecular flexibility index (Phi) is 3.57. The van der Waals surface area contributed by atoms with Crippen LogP contribution in [0.15, 0.2) is 0 Å². The van der Waals surface area contributed by atoms with E-state index in [9.17, 15) is 5.11 Å². The summed E-state index contributed by atoms with van der Waals surface area (Å²) in [6, 6.07) is 0. The number of hydrogen-bond donors (Lipinski definition) is 1. The van der Waals surface area contributed by atoms with Crippen molar-refractivity contribution >= 4 is 0 Å². The maximum absolute atomic E-state index is 9.23. The van der Waals surface area contributed by atoms with E-state index >= 15 is 0 Å². The first-order chi connectivity index (χ1) is 5.65. The molecule has 1 heteroatoms. The summed E-state index contributed by atoms with van der Waals surface area (Å²) in [6.07, 6.45) is 3.92. The van der Waals surface area contributed by atoms with Gasteiger partial charge < -0.3 is 5.11 Å². The lowest BCUT2D eigenvalue weighted by molar-refractivity contribution is 0.0834. The molecule has 1 aliphatic carbocycles. The van der Waals surface area contributed by atoms with Gasteiger partial charge in [0.1, 0.15) is 0 Å². The van der Waals surface area contributed by atoms with Gasteiger partial charge in [0.25, 0.3) is 0 Å². The van der Waals surface area contributed by atoms with E-state index in [1.165, 1.54) is 19.3 Å². The lowest BCUT2D eigenvalue weighted by Gasteiger charge is -2.36. The normalized spacial score (nSPS) is 37.2. The van der Waals surface area contributed by atoms with Gasteiger partial charge in [-0.05, 0) is 36.5 Å². The molecule has 12 heavy (non-hydrogen) atoms. The van der Waals surface area contributed by atoms with Gasteiger partial charge in [-0.15, -0.1) is 0 Å². The summed E-state index contributed by atoms with van der Waals surface area (Å²) in [5.41, 5.74) is 0. The fraction of sp³-hybridized carbons (Fsp3) is 1.00. The topological polar surface area (TPSA) is 20.2 Å². The van der Waals surface area contributed by atoms with Gasteiger partial charge in [0.05, 0.1) is 0 Å². The molecule has 1 fully saturated rings. The minimum atomic E-state index is 0.396. The summed E-state index contributed by atoms with van der Waals surface area (Å²) in [7, 11) is 0. The van der Waals surface area contributed by atoms with Crippen molar-refractivity contribution in [2.24, 2.45) is 23.7 Å². The monoisotopic (exact) mass is 170 g/mol. The molecule has 1 unspecified atom stereocenters. The van der Waals surface area contributed by atoms with Gasteiger partial charge in [0.2, 0.25) is 0 Å². The van der Waals surface area contributed by atoms with Crippen molar-refractivity contribution in [1.29, 1.82) is 0 Å².